The van der Waals surface area contributed by atoms with Gasteiger partial charge in [-0.15, -0.1) is 0 Å². The molecule has 0 saturated heterocycles. The summed E-state index contributed by atoms with van der Waals surface area (Å²) in [5.41, 5.74) is 7.05. The summed E-state index contributed by atoms with van der Waals surface area (Å²) in [5.74, 6) is -2.15. The highest BCUT2D eigenvalue weighted by atomic mass is 19.1. The maximum atomic E-state index is 14.1. The SMILES string of the molecule is CCCC(C(=O)Nc1c(C)cc(F)cc1C(=O)OCC)N(CCCCCN)CC(=O)OCc1ccccc1. The van der Waals surface area contributed by atoms with Crippen LogP contribution in [0.3, 0.4) is 0 Å². The summed E-state index contributed by atoms with van der Waals surface area (Å²) in [6.07, 6.45) is 3.61. The van der Waals surface area contributed by atoms with Crippen LogP contribution in [-0.4, -0.2) is 55.0 Å². The quantitative estimate of drug-likeness (QED) is 0.242. The predicted molar refractivity (Wildman–Crippen MR) is 145 cm³/mol. The molecule has 3 N–H and O–H groups in total. The lowest BCUT2D eigenvalue weighted by Crippen LogP contribution is -2.47. The van der Waals surface area contributed by atoms with E-state index in [1.165, 1.54) is 6.07 Å². The van der Waals surface area contributed by atoms with E-state index in [0.717, 1.165) is 30.9 Å². The number of hydrogen-bond donors (Lipinski definition) is 2. The van der Waals surface area contributed by atoms with Crippen molar-refractivity contribution in [3.8, 4) is 0 Å². The second-order valence-electron chi connectivity index (χ2n) is 9.13. The smallest absolute Gasteiger partial charge is 0.340 e. The van der Waals surface area contributed by atoms with E-state index < -0.39 is 23.8 Å². The molecule has 2 aromatic rings. The molecular formula is C29H40FN3O5. The maximum Gasteiger partial charge on any atom is 0.340 e. The van der Waals surface area contributed by atoms with E-state index in [9.17, 15) is 18.8 Å². The average molecular weight is 530 g/mol. The van der Waals surface area contributed by atoms with Crippen LogP contribution in [0.4, 0.5) is 10.1 Å². The average Bonchev–Trinajstić information content (AvgIpc) is 2.90. The molecule has 0 aliphatic heterocycles. The molecule has 0 saturated carbocycles. The molecule has 0 radical (unpaired) electrons. The fraction of sp³-hybridized carbons (Fsp3) is 0.483. The van der Waals surface area contributed by atoms with E-state index in [4.69, 9.17) is 15.2 Å². The van der Waals surface area contributed by atoms with Gasteiger partial charge in [-0.3, -0.25) is 14.5 Å². The number of nitrogens with zero attached hydrogens (tertiary/aromatic N) is 1. The monoisotopic (exact) mass is 529 g/mol. The number of nitrogens with one attached hydrogen (secondary N) is 1. The van der Waals surface area contributed by atoms with Crippen molar-refractivity contribution in [2.45, 2.75) is 65.5 Å². The van der Waals surface area contributed by atoms with E-state index >= 15 is 0 Å². The van der Waals surface area contributed by atoms with Gasteiger partial charge in [-0.1, -0.05) is 50.1 Å². The molecule has 9 heteroatoms. The Bertz CT molecular complexity index is 1050. The maximum absolute atomic E-state index is 14.1. The number of ether oxygens (including phenoxy) is 2. The highest BCUT2D eigenvalue weighted by Gasteiger charge is 2.29. The van der Waals surface area contributed by atoms with E-state index in [-0.39, 0.29) is 36.9 Å². The van der Waals surface area contributed by atoms with Gasteiger partial charge in [-0.2, -0.15) is 0 Å². The number of rotatable bonds is 16. The first-order valence-electron chi connectivity index (χ1n) is 13.2. The highest BCUT2D eigenvalue weighted by molar-refractivity contribution is 6.03. The standard InChI is InChI=1S/C29H40FN3O5/c1-4-12-25(28(35)32-27-21(3)17-23(30)18-24(27)29(36)37-5-2)33(16-11-7-10-15-31)19-26(34)38-20-22-13-8-6-9-14-22/h6,8-9,13-14,17-18,25H,4-5,7,10-12,15-16,19-20,31H2,1-3H3,(H,32,35). The van der Waals surface area contributed by atoms with Gasteiger partial charge in [0.05, 0.1) is 30.4 Å². The molecule has 1 amide bonds. The molecule has 38 heavy (non-hydrogen) atoms. The summed E-state index contributed by atoms with van der Waals surface area (Å²) in [5, 5.41) is 2.82. The molecule has 0 spiro atoms. The summed E-state index contributed by atoms with van der Waals surface area (Å²) in [6.45, 7) is 6.46. The third-order valence-electron chi connectivity index (χ3n) is 6.07. The van der Waals surface area contributed by atoms with Crippen LogP contribution in [0.1, 0.15) is 67.4 Å². The predicted octanol–water partition coefficient (Wildman–Crippen LogP) is 4.59. The number of carbonyl (C=O) groups is 3. The second-order valence-corrected chi connectivity index (χ2v) is 9.13. The fourth-order valence-corrected chi connectivity index (χ4v) is 4.17. The van der Waals surface area contributed by atoms with Crippen molar-refractivity contribution in [3.63, 3.8) is 0 Å². The van der Waals surface area contributed by atoms with Crippen molar-refractivity contribution in [2.24, 2.45) is 5.73 Å². The van der Waals surface area contributed by atoms with E-state index in [2.05, 4.69) is 5.32 Å². The van der Waals surface area contributed by atoms with Crippen molar-refractivity contribution in [3.05, 3.63) is 65.0 Å². The molecule has 1 unspecified atom stereocenters. The summed E-state index contributed by atoms with van der Waals surface area (Å²) in [7, 11) is 0. The van der Waals surface area contributed by atoms with Crippen LogP contribution in [-0.2, 0) is 25.7 Å². The van der Waals surface area contributed by atoms with Gasteiger partial charge in [-0.05, 0) is 69.5 Å². The van der Waals surface area contributed by atoms with Gasteiger partial charge in [0.2, 0.25) is 5.91 Å². The van der Waals surface area contributed by atoms with Crippen LogP contribution in [0.25, 0.3) is 0 Å². The van der Waals surface area contributed by atoms with Crippen LogP contribution in [0.2, 0.25) is 0 Å². The summed E-state index contributed by atoms with van der Waals surface area (Å²) in [6, 6.07) is 11.0. The summed E-state index contributed by atoms with van der Waals surface area (Å²) < 4.78 is 24.7. The zero-order chi connectivity index (χ0) is 27.9. The Balaban J connectivity index is 2.25. The molecule has 0 aliphatic rings. The van der Waals surface area contributed by atoms with Crippen LogP contribution in [0.5, 0.6) is 0 Å². The van der Waals surface area contributed by atoms with Crippen LogP contribution < -0.4 is 11.1 Å². The molecule has 2 rings (SSSR count). The minimum absolute atomic E-state index is 0.0512. The molecule has 2 aromatic carbocycles. The third kappa shape index (κ3) is 9.87. The molecule has 208 valence electrons. The van der Waals surface area contributed by atoms with Crippen molar-refractivity contribution >= 4 is 23.5 Å². The molecular weight excluding hydrogens is 489 g/mol. The van der Waals surface area contributed by atoms with E-state index in [1.807, 2.05) is 42.2 Å². The van der Waals surface area contributed by atoms with Gasteiger partial charge in [0, 0.05) is 0 Å². The van der Waals surface area contributed by atoms with Gasteiger partial charge in [0.1, 0.15) is 12.4 Å². The normalized spacial score (nSPS) is 11.7. The molecule has 0 fully saturated rings. The Hall–Kier alpha value is -3.30. The lowest BCUT2D eigenvalue weighted by atomic mass is 10.0. The Morgan fingerprint density at radius 2 is 1.79 bits per heavy atom. The number of amides is 1. The number of hydrogen-bond acceptors (Lipinski definition) is 7. The molecule has 1 atom stereocenters. The van der Waals surface area contributed by atoms with Crippen molar-refractivity contribution in [2.75, 3.05) is 31.6 Å². The Kier molecular flexibility index (Phi) is 13.4. The minimum atomic E-state index is -0.722. The number of benzene rings is 2. The molecule has 0 bridgehead atoms. The lowest BCUT2D eigenvalue weighted by molar-refractivity contribution is -0.147. The van der Waals surface area contributed by atoms with Gasteiger partial charge in [0.15, 0.2) is 0 Å². The third-order valence-corrected chi connectivity index (χ3v) is 6.07. The van der Waals surface area contributed by atoms with Crippen molar-refractivity contribution in [1.82, 2.24) is 4.90 Å². The first-order chi connectivity index (χ1) is 18.3. The summed E-state index contributed by atoms with van der Waals surface area (Å²) in [4.78, 5) is 40.7. The van der Waals surface area contributed by atoms with Crippen molar-refractivity contribution in [1.29, 1.82) is 0 Å². The fourth-order valence-electron chi connectivity index (χ4n) is 4.17. The lowest BCUT2D eigenvalue weighted by Gasteiger charge is -2.30. The topological polar surface area (TPSA) is 111 Å². The van der Waals surface area contributed by atoms with Crippen LogP contribution >= 0.6 is 0 Å². The number of halogens is 1. The number of nitrogens with two attached hydrogens (primary N) is 1. The van der Waals surface area contributed by atoms with E-state index in [1.54, 1.807) is 13.8 Å². The van der Waals surface area contributed by atoms with Crippen molar-refractivity contribution < 1.29 is 28.2 Å². The van der Waals surface area contributed by atoms with Gasteiger partial charge in [0.25, 0.3) is 0 Å². The van der Waals surface area contributed by atoms with E-state index in [0.29, 0.717) is 31.5 Å². The number of aryl methyl sites for hydroxylation is 1. The first kappa shape index (κ1) is 30.9. The molecule has 0 aliphatic carbocycles. The first-order valence-corrected chi connectivity index (χ1v) is 13.2. The Labute approximate surface area is 224 Å². The van der Waals surface area contributed by atoms with Crippen LogP contribution in [0, 0.1) is 12.7 Å². The number of carbonyl (C=O) groups excluding carboxylic acids is 3. The minimum Gasteiger partial charge on any atom is -0.462 e. The van der Waals surface area contributed by atoms with Gasteiger partial charge >= 0.3 is 11.9 Å². The van der Waals surface area contributed by atoms with Gasteiger partial charge in [-0.25, -0.2) is 9.18 Å². The number of unbranched alkanes of at least 4 members (excludes halogenated alkanes) is 2. The largest absolute Gasteiger partial charge is 0.462 e. The van der Waals surface area contributed by atoms with Gasteiger partial charge < -0.3 is 20.5 Å². The molecule has 0 aromatic heterocycles. The zero-order valence-corrected chi connectivity index (χ0v) is 22.6. The Morgan fingerprint density at radius 3 is 2.45 bits per heavy atom. The zero-order valence-electron chi connectivity index (χ0n) is 22.6. The summed E-state index contributed by atoms with van der Waals surface area (Å²) >= 11 is 0. The molecule has 8 nitrogen and oxygen atoms in total. The Morgan fingerprint density at radius 1 is 1.05 bits per heavy atom. The highest BCUT2D eigenvalue weighted by Crippen LogP contribution is 2.25. The number of esters is 2. The van der Waals surface area contributed by atoms with Crippen LogP contribution in [0.15, 0.2) is 42.5 Å². The second kappa shape index (κ2) is 16.5. The number of anilines is 1. The molecule has 0 heterocycles.